The van der Waals surface area contributed by atoms with E-state index >= 15 is 0 Å². The number of nitrogens with zero attached hydrogens (tertiary/aromatic N) is 1. The standard InChI is InChI=1S/C13H9Cl2N3O3/c14-10-3-2-8(6-11(10)15)17-13(19)9-5-7(16)1-4-12(9)18(20)21/h1-6H,16H2,(H,17,19). The molecule has 0 unspecified atom stereocenters. The molecule has 0 aromatic heterocycles. The largest absolute Gasteiger partial charge is 0.399 e. The Bertz CT molecular complexity index is 735. The zero-order valence-corrected chi connectivity index (χ0v) is 12.0. The molecule has 3 N–H and O–H groups in total. The zero-order chi connectivity index (χ0) is 15.6. The van der Waals surface area contributed by atoms with E-state index in [9.17, 15) is 14.9 Å². The summed E-state index contributed by atoms with van der Waals surface area (Å²) in [4.78, 5) is 22.4. The van der Waals surface area contributed by atoms with E-state index in [1.54, 1.807) is 0 Å². The highest BCUT2D eigenvalue weighted by Crippen LogP contribution is 2.26. The Morgan fingerprint density at radius 3 is 2.48 bits per heavy atom. The van der Waals surface area contributed by atoms with Crippen LogP contribution in [0.15, 0.2) is 36.4 Å². The van der Waals surface area contributed by atoms with Crippen LogP contribution >= 0.6 is 23.2 Å². The lowest BCUT2D eigenvalue weighted by atomic mass is 10.1. The normalized spacial score (nSPS) is 10.2. The maximum Gasteiger partial charge on any atom is 0.282 e. The number of nitrogen functional groups attached to an aromatic ring is 1. The molecule has 0 saturated carbocycles. The molecule has 8 heteroatoms. The first kappa shape index (κ1) is 15.1. The van der Waals surface area contributed by atoms with Crippen molar-refractivity contribution < 1.29 is 9.72 Å². The molecule has 1 amide bonds. The van der Waals surface area contributed by atoms with Crippen molar-refractivity contribution in [3.63, 3.8) is 0 Å². The van der Waals surface area contributed by atoms with Gasteiger partial charge in [-0.15, -0.1) is 0 Å². The summed E-state index contributed by atoms with van der Waals surface area (Å²) in [5.41, 5.74) is 5.71. The first-order chi connectivity index (χ1) is 9.88. The Morgan fingerprint density at radius 1 is 1.14 bits per heavy atom. The second-order valence-corrected chi connectivity index (χ2v) is 4.93. The van der Waals surface area contributed by atoms with E-state index in [1.165, 1.54) is 36.4 Å². The quantitative estimate of drug-likeness (QED) is 0.510. The predicted molar refractivity (Wildman–Crippen MR) is 81.9 cm³/mol. The first-order valence-electron chi connectivity index (χ1n) is 5.69. The number of nitro benzene ring substituents is 1. The molecule has 0 saturated heterocycles. The van der Waals surface area contributed by atoms with Gasteiger partial charge < -0.3 is 11.1 Å². The number of anilines is 2. The number of hydrogen-bond donors (Lipinski definition) is 2. The molecule has 0 fully saturated rings. The first-order valence-corrected chi connectivity index (χ1v) is 6.44. The van der Waals surface area contributed by atoms with Crippen molar-refractivity contribution in [3.8, 4) is 0 Å². The minimum Gasteiger partial charge on any atom is -0.399 e. The van der Waals surface area contributed by atoms with Gasteiger partial charge >= 0.3 is 0 Å². The second-order valence-electron chi connectivity index (χ2n) is 4.12. The van der Waals surface area contributed by atoms with E-state index in [0.717, 1.165) is 0 Å². The second kappa shape index (κ2) is 5.99. The van der Waals surface area contributed by atoms with Gasteiger partial charge in [0.05, 0.1) is 15.0 Å². The van der Waals surface area contributed by atoms with Gasteiger partial charge in [-0.25, -0.2) is 0 Å². The molecule has 0 atom stereocenters. The highest BCUT2D eigenvalue weighted by molar-refractivity contribution is 6.42. The number of benzene rings is 2. The maximum absolute atomic E-state index is 12.1. The predicted octanol–water partition coefficient (Wildman–Crippen LogP) is 3.74. The molecule has 6 nitrogen and oxygen atoms in total. The molecule has 21 heavy (non-hydrogen) atoms. The lowest BCUT2D eigenvalue weighted by Gasteiger charge is -2.07. The molecule has 2 aromatic carbocycles. The lowest BCUT2D eigenvalue weighted by Crippen LogP contribution is -2.14. The van der Waals surface area contributed by atoms with Crippen molar-refractivity contribution in [1.82, 2.24) is 0 Å². The number of nitrogens with two attached hydrogens (primary N) is 1. The van der Waals surface area contributed by atoms with Crippen LogP contribution in [0.25, 0.3) is 0 Å². The van der Waals surface area contributed by atoms with Gasteiger partial charge in [-0.05, 0) is 30.3 Å². The fraction of sp³-hybridized carbons (Fsp3) is 0. The van der Waals surface area contributed by atoms with Crippen LogP contribution in [0, 0.1) is 10.1 Å². The number of carbonyl (C=O) groups excluding carboxylic acids is 1. The lowest BCUT2D eigenvalue weighted by molar-refractivity contribution is -0.385. The maximum atomic E-state index is 12.1. The van der Waals surface area contributed by atoms with Gasteiger partial charge in [0.25, 0.3) is 11.6 Å². The average Bonchev–Trinajstić information content (AvgIpc) is 2.42. The Labute approximate surface area is 129 Å². The third-order valence-corrected chi connectivity index (χ3v) is 3.38. The summed E-state index contributed by atoms with van der Waals surface area (Å²) in [6.07, 6.45) is 0. The average molecular weight is 326 g/mol. The van der Waals surface area contributed by atoms with Crippen molar-refractivity contribution >= 4 is 46.2 Å². The molecule has 0 spiro atoms. The van der Waals surface area contributed by atoms with Crippen LogP contribution in [0.2, 0.25) is 10.0 Å². The fourth-order valence-electron chi connectivity index (χ4n) is 1.67. The number of halogens is 2. The van der Waals surface area contributed by atoms with E-state index in [2.05, 4.69) is 5.32 Å². The third kappa shape index (κ3) is 3.42. The zero-order valence-electron chi connectivity index (χ0n) is 10.5. The summed E-state index contributed by atoms with van der Waals surface area (Å²) in [5.74, 6) is -0.660. The van der Waals surface area contributed by atoms with E-state index < -0.39 is 10.8 Å². The summed E-state index contributed by atoms with van der Waals surface area (Å²) in [5, 5.41) is 14.0. The number of rotatable bonds is 3. The van der Waals surface area contributed by atoms with E-state index in [4.69, 9.17) is 28.9 Å². The van der Waals surface area contributed by atoms with Crippen LogP contribution in [0.3, 0.4) is 0 Å². The number of amides is 1. The van der Waals surface area contributed by atoms with Crippen LogP contribution < -0.4 is 11.1 Å². The number of hydrogen-bond acceptors (Lipinski definition) is 4. The van der Waals surface area contributed by atoms with Gasteiger partial charge in [0, 0.05) is 17.4 Å². The summed E-state index contributed by atoms with van der Waals surface area (Å²) >= 11 is 11.6. The number of nitrogens with one attached hydrogen (secondary N) is 1. The van der Waals surface area contributed by atoms with Gasteiger partial charge in [0.1, 0.15) is 5.56 Å². The monoisotopic (exact) mass is 325 g/mol. The summed E-state index contributed by atoms with van der Waals surface area (Å²) < 4.78 is 0. The molecule has 0 heterocycles. The summed E-state index contributed by atoms with van der Waals surface area (Å²) in [6, 6.07) is 8.26. The molecular weight excluding hydrogens is 317 g/mol. The minimum atomic E-state index is -0.660. The van der Waals surface area contributed by atoms with Crippen molar-refractivity contribution in [2.45, 2.75) is 0 Å². The highest BCUT2D eigenvalue weighted by atomic mass is 35.5. The van der Waals surface area contributed by atoms with Gasteiger partial charge in [-0.1, -0.05) is 23.2 Å². The molecule has 0 radical (unpaired) electrons. The molecule has 2 rings (SSSR count). The van der Waals surface area contributed by atoms with Crippen molar-refractivity contribution in [1.29, 1.82) is 0 Å². The van der Waals surface area contributed by atoms with Gasteiger partial charge in [-0.2, -0.15) is 0 Å². The van der Waals surface area contributed by atoms with Crippen LogP contribution in [-0.4, -0.2) is 10.8 Å². The molecule has 2 aromatic rings. The van der Waals surface area contributed by atoms with Crippen molar-refractivity contribution in [2.24, 2.45) is 0 Å². The topological polar surface area (TPSA) is 98.3 Å². The van der Waals surface area contributed by atoms with E-state index in [1.807, 2.05) is 0 Å². The molecule has 0 bridgehead atoms. The SMILES string of the molecule is Nc1ccc([N+](=O)[O-])c(C(=O)Nc2ccc(Cl)c(Cl)c2)c1. The number of nitro groups is 1. The molecule has 108 valence electrons. The Kier molecular flexibility index (Phi) is 4.30. The molecule has 0 aliphatic rings. The third-order valence-electron chi connectivity index (χ3n) is 2.64. The fourth-order valence-corrected chi connectivity index (χ4v) is 1.97. The minimum absolute atomic E-state index is 0.133. The van der Waals surface area contributed by atoms with Crippen LogP contribution in [-0.2, 0) is 0 Å². The van der Waals surface area contributed by atoms with Gasteiger partial charge in [-0.3, -0.25) is 14.9 Å². The molecule has 0 aliphatic carbocycles. The van der Waals surface area contributed by atoms with Gasteiger partial charge in [0.2, 0.25) is 0 Å². The Hall–Kier alpha value is -2.31. The summed E-state index contributed by atoms with van der Waals surface area (Å²) in [6.45, 7) is 0. The van der Waals surface area contributed by atoms with Crippen LogP contribution in [0.1, 0.15) is 10.4 Å². The number of carbonyl (C=O) groups is 1. The summed E-state index contributed by atoms with van der Waals surface area (Å²) in [7, 11) is 0. The van der Waals surface area contributed by atoms with E-state index in [0.29, 0.717) is 10.7 Å². The van der Waals surface area contributed by atoms with E-state index in [-0.39, 0.29) is 22.0 Å². The Balaban J connectivity index is 2.34. The highest BCUT2D eigenvalue weighted by Gasteiger charge is 2.20. The smallest absolute Gasteiger partial charge is 0.282 e. The molecular formula is C13H9Cl2N3O3. The van der Waals surface area contributed by atoms with Crippen LogP contribution in [0.4, 0.5) is 17.1 Å². The Morgan fingerprint density at radius 2 is 1.86 bits per heavy atom. The van der Waals surface area contributed by atoms with Crippen molar-refractivity contribution in [2.75, 3.05) is 11.1 Å². The van der Waals surface area contributed by atoms with Crippen LogP contribution in [0.5, 0.6) is 0 Å². The van der Waals surface area contributed by atoms with Gasteiger partial charge in [0.15, 0.2) is 0 Å². The molecule has 0 aliphatic heterocycles. The van der Waals surface area contributed by atoms with Crippen molar-refractivity contribution in [3.05, 3.63) is 62.1 Å².